The predicted molar refractivity (Wildman–Crippen MR) is 116 cm³/mol. The Bertz CT molecular complexity index is 1010. The molecule has 1 aliphatic rings. The lowest BCUT2D eigenvalue weighted by molar-refractivity contribution is -0.141. The largest absolute Gasteiger partial charge is 0.508 e. The van der Waals surface area contributed by atoms with Gasteiger partial charge in [0.05, 0.1) is 25.2 Å². The third kappa shape index (κ3) is 5.79. The van der Waals surface area contributed by atoms with Crippen LogP contribution in [0.1, 0.15) is 36.1 Å². The van der Waals surface area contributed by atoms with Crippen molar-refractivity contribution in [2.24, 2.45) is 0 Å². The average molecular weight is 457 g/mol. The number of nitrogens with zero attached hydrogens (tertiary/aromatic N) is 1. The molecule has 0 spiro atoms. The second kappa shape index (κ2) is 10.8. The predicted octanol–water partition coefficient (Wildman–Crippen LogP) is 1.39. The van der Waals surface area contributed by atoms with Crippen LogP contribution in [-0.2, 0) is 27.3 Å². The zero-order valence-electron chi connectivity index (χ0n) is 18.1. The molecule has 0 radical (unpaired) electrons. The minimum absolute atomic E-state index is 0.0220. The van der Waals surface area contributed by atoms with Gasteiger partial charge in [0.2, 0.25) is 5.91 Å². The second-order valence-electron chi connectivity index (χ2n) is 7.70. The van der Waals surface area contributed by atoms with E-state index in [-0.39, 0.29) is 18.9 Å². The van der Waals surface area contributed by atoms with Gasteiger partial charge in [0.15, 0.2) is 0 Å². The van der Waals surface area contributed by atoms with E-state index in [2.05, 4.69) is 5.32 Å². The van der Waals surface area contributed by atoms with Crippen molar-refractivity contribution in [1.82, 2.24) is 15.7 Å². The smallest absolute Gasteiger partial charge is 0.407 e. The SMILES string of the molecule is CCOC(=O)N[C@@H](CC(=O)N(Cc1cccc(O)c1)[C@H]1c2ccccc2C[C@H]1O)C(=O)NO. The summed E-state index contributed by atoms with van der Waals surface area (Å²) in [5, 5.41) is 32.0. The van der Waals surface area contributed by atoms with Gasteiger partial charge in [-0.15, -0.1) is 0 Å². The summed E-state index contributed by atoms with van der Waals surface area (Å²) in [5.41, 5.74) is 3.74. The molecule has 3 amide bonds. The molecule has 0 heterocycles. The van der Waals surface area contributed by atoms with Gasteiger partial charge >= 0.3 is 6.09 Å². The maximum atomic E-state index is 13.4. The number of aromatic hydroxyl groups is 1. The Morgan fingerprint density at radius 2 is 1.94 bits per heavy atom. The third-order valence-electron chi connectivity index (χ3n) is 5.46. The number of rotatable bonds is 8. The lowest BCUT2D eigenvalue weighted by atomic mass is 10.0. The summed E-state index contributed by atoms with van der Waals surface area (Å²) >= 11 is 0. The van der Waals surface area contributed by atoms with E-state index < -0.39 is 42.5 Å². The number of fused-ring (bicyclic) bond motifs is 1. The number of alkyl carbamates (subject to hydrolysis) is 1. The maximum absolute atomic E-state index is 13.4. The van der Waals surface area contributed by atoms with E-state index in [4.69, 9.17) is 9.94 Å². The molecule has 1 aliphatic carbocycles. The minimum atomic E-state index is -1.40. The first kappa shape index (κ1) is 24.0. The van der Waals surface area contributed by atoms with Crippen molar-refractivity contribution in [3.8, 4) is 5.75 Å². The van der Waals surface area contributed by atoms with Crippen LogP contribution < -0.4 is 10.8 Å². The summed E-state index contributed by atoms with van der Waals surface area (Å²) in [7, 11) is 0. The second-order valence-corrected chi connectivity index (χ2v) is 7.70. The molecule has 3 atom stereocenters. The summed E-state index contributed by atoms with van der Waals surface area (Å²) in [5.74, 6) is -1.51. The molecule has 10 nitrogen and oxygen atoms in total. The number of nitrogens with one attached hydrogen (secondary N) is 2. The van der Waals surface area contributed by atoms with E-state index in [1.807, 2.05) is 24.3 Å². The van der Waals surface area contributed by atoms with Gasteiger partial charge in [0.1, 0.15) is 11.8 Å². The zero-order valence-corrected chi connectivity index (χ0v) is 18.1. The fourth-order valence-electron chi connectivity index (χ4n) is 4.02. The van der Waals surface area contributed by atoms with Gasteiger partial charge in [-0.1, -0.05) is 36.4 Å². The number of benzene rings is 2. The number of phenolic OH excluding ortho intramolecular Hbond substituents is 1. The number of hydroxylamine groups is 1. The van der Waals surface area contributed by atoms with Crippen LogP contribution in [0.4, 0.5) is 4.79 Å². The molecular formula is C23H27N3O7. The standard InChI is InChI=1S/C23H27N3O7/c1-2-33-23(31)24-18(22(30)25-32)12-20(29)26(13-14-6-5-8-16(27)10-14)21-17-9-4-3-7-15(17)11-19(21)28/h3-10,18-19,21,27-28,32H,2,11-13H2,1H3,(H,24,31)(H,25,30)/t18-,19+,21-/m0/s1. The zero-order chi connectivity index (χ0) is 24.0. The molecule has 2 aromatic rings. The number of carbonyl (C=O) groups excluding carboxylic acids is 3. The number of hydrogen-bond acceptors (Lipinski definition) is 7. The number of carbonyl (C=O) groups is 3. The van der Waals surface area contributed by atoms with Crippen molar-refractivity contribution in [1.29, 1.82) is 0 Å². The maximum Gasteiger partial charge on any atom is 0.407 e. The highest BCUT2D eigenvalue weighted by Crippen LogP contribution is 2.37. The summed E-state index contributed by atoms with van der Waals surface area (Å²) in [6.45, 7) is 1.68. The van der Waals surface area contributed by atoms with E-state index in [0.29, 0.717) is 12.0 Å². The number of amides is 3. The molecule has 0 aromatic heterocycles. The van der Waals surface area contributed by atoms with Crippen LogP contribution in [0.5, 0.6) is 5.75 Å². The molecule has 0 unspecified atom stereocenters. The summed E-state index contributed by atoms with van der Waals surface area (Å²) in [6, 6.07) is 11.6. The van der Waals surface area contributed by atoms with Crippen molar-refractivity contribution in [2.45, 2.75) is 44.5 Å². The molecule has 0 bridgehead atoms. The van der Waals surface area contributed by atoms with Gasteiger partial charge in [-0.3, -0.25) is 14.8 Å². The fraction of sp³-hybridized carbons (Fsp3) is 0.348. The van der Waals surface area contributed by atoms with Crippen molar-refractivity contribution >= 4 is 17.9 Å². The van der Waals surface area contributed by atoms with Gasteiger partial charge in [0.25, 0.3) is 5.91 Å². The topological polar surface area (TPSA) is 148 Å². The van der Waals surface area contributed by atoms with Gasteiger partial charge in [0, 0.05) is 13.0 Å². The van der Waals surface area contributed by atoms with E-state index in [0.717, 1.165) is 11.1 Å². The molecule has 0 saturated carbocycles. The van der Waals surface area contributed by atoms with Gasteiger partial charge in [-0.25, -0.2) is 10.3 Å². The van der Waals surface area contributed by atoms with Gasteiger partial charge < -0.3 is 25.2 Å². The summed E-state index contributed by atoms with van der Waals surface area (Å²) < 4.78 is 4.78. The molecule has 5 N–H and O–H groups in total. The number of phenols is 1. The van der Waals surface area contributed by atoms with Crippen molar-refractivity contribution < 1.29 is 34.5 Å². The Balaban J connectivity index is 1.91. The third-order valence-corrected chi connectivity index (χ3v) is 5.46. The Kier molecular flexibility index (Phi) is 7.86. The summed E-state index contributed by atoms with van der Waals surface area (Å²) in [6.07, 6.45) is -1.93. The molecule has 0 aliphatic heterocycles. The lowest BCUT2D eigenvalue weighted by Gasteiger charge is -2.33. The fourth-order valence-corrected chi connectivity index (χ4v) is 4.02. The number of ether oxygens (including phenoxy) is 1. The molecule has 10 heteroatoms. The Labute approximate surface area is 190 Å². The monoisotopic (exact) mass is 457 g/mol. The normalized spacial score (nSPS) is 17.5. The number of aliphatic hydroxyl groups is 1. The van der Waals surface area contributed by atoms with Gasteiger partial charge in [-0.2, -0.15) is 0 Å². The Morgan fingerprint density at radius 1 is 1.18 bits per heavy atom. The van der Waals surface area contributed by atoms with Crippen LogP contribution in [0.3, 0.4) is 0 Å². The number of hydrogen-bond donors (Lipinski definition) is 5. The highest BCUT2D eigenvalue weighted by Gasteiger charge is 2.39. The minimum Gasteiger partial charge on any atom is -0.508 e. The van der Waals surface area contributed by atoms with Crippen LogP contribution in [-0.4, -0.2) is 57.0 Å². The van der Waals surface area contributed by atoms with Gasteiger partial charge in [-0.05, 0) is 35.7 Å². The highest BCUT2D eigenvalue weighted by atomic mass is 16.5. The summed E-state index contributed by atoms with van der Waals surface area (Å²) in [4.78, 5) is 38.8. The number of aliphatic hydroxyl groups excluding tert-OH is 1. The first-order valence-electron chi connectivity index (χ1n) is 10.5. The van der Waals surface area contributed by atoms with Crippen molar-refractivity contribution in [2.75, 3.05) is 6.61 Å². The first-order chi connectivity index (χ1) is 15.8. The van der Waals surface area contributed by atoms with Crippen LogP contribution >= 0.6 is 0 Å². The lowest BCUT2D eigenvalue weighted by Crippen LogP contribution is -2.49. The first-order valence-corrected chi connectivity index (χ1v) is 10.5. The van der Waals surface area contributed by atoms with E-state index in [1.165, 1.54) is 22.5 Å². The van der Waals surface area contributed by atoms with Crippen LogP contribution in [0.2, 0.25) is 0 Å². The highest BCUT2D eigenvalue weighted by molar-refractivity contribution is 5.90. The molecule has 0 fully saturated rings. The molecular weight excluding hydrogens is 430 g/mol. The molecule has 3 rings (SSSR count). The average Bonchev–Trinajstić information content (AvgIpc) is 3.12. The quantitative estimate of drug-likeness (QED) is 0.297. The van der Waals surface area contributed by atoms with Crippen LogP contribution in [0.15, 0.2) is 48.5 Å². The van der Waals surface area contributed by atoms with Crippen LogP contribution in [0.25, 0.3) is 0 Å². The van der Waals surface area contributed by atoms with E-state index in [9.17, 15) is 24.6 Å². The Morgan fingerprint density at radius 3 is 2.64 bits per heavy atom. The van der Waals surface area contributed by atoms with E-state index >= 15 is 0 Å². The Hall–Kier alpha value is -3.63. The molecule has 2 aromatic carbocycles. The van der Waals surface area contributed by atoms with E-state index in [1.54, 1.807) is 19.1 Å². The van der Waals surface area contributed by atoms with Crippen LogP contribution in [0, 0.1) is 0 Å². The van der Waals surface area contributed by atoms with Crippen molar-refractivity contribution in [3.63, 3.8) is 0 Å². The molecule has 33 heavy (non-hydrogen) atoms. The molecule has 0 saturated heterocycles. The van der Waals surface area contributed by atoms with Crippen molar-refractivity contribution in [3.05, 3.63) is 65.2 Å². The molecule has 176 valence electrons.